The van der Waals surface area contributed by atoms with Crippen LogP contribution in [-0.4, -0.2) is 50.2 Å². The molecule has 1 saturated carbocycles. The van der Waals surface area contributed by atoms with Crippen molar-refractivity contribution in [1.82, 2.24) is 5.32 Å². The molecule has 0 radical (unpaired) electrons. The fourth-order valence-electron chi connectivity index (χ4n) is 3.99. The van der Waals surface area contributed by atoms with Gasteiger partial charge in [0.05, 0.1) is 24.9 Å². The van der Waals surface area contributed by atoms with Gasteiger partial charge in [-0.3, -0.25) is 5.32 Å². The van der Waals surface area contributed by atoms with Gasteiger partial charge in [-0.2, -0.15) is 0 Å². The molecule has 3 fully saturated rings. The van der Waals surface area contributed by atoms with Crippen LogP contribution in [0.3, 0.4) is 0 Å². The van der Waals surface area contributed by atoms with Crippen molar-refractivity contribution in [3.63, 3.8) is 0 Å². The molecular formula is C21H24N2O4. The summed E-state index contributed by atoms with van der Waals surface area (Å²) in [5.41, 5.74) is 0.741. The van der Waals surface area contributed by atoms with E-state index >= 15 is 0 Å². The van der Waals surface area contributed by atoms with Crippen LogP contribution in [0.15, 0.2) is 42.5 Å². The highest BCUT2D eigenvalue weighted by atomic mass is 16.6. The van der Waals surface area contributed by atoms with E-state index in [2.05, 4.69) is 10.6 Å². The normalized spacial score (nSPS) is 29.6. The van der Waals surface area contributed by atoms with Crippen molar-refractivity contribution < 1.29 is 19.0 Å². The first-order valence-electron chi connectivity index (χ1n) is 9.70. The van der Waals surface area contributed by atoms with Crippen LogP contribution in [0.25, 0.3) is 10.8 Å². The van der Waals surface area contributed by atoms with Crippen molar-refractivity contribution in [1.29, 1.82) is 0 Å². The van der Waals surface area contributed by atoms with Gasteiger partial charge in [0.25, 0.3) is 0 Å². The number of benzene rings is 2. The molecule has 4 atom stereocenters. The zero-order valence-electron chi connectivity index (χ0n) is 15.1. The summed E-state index contributed by atoms with van der Waals surface area (Å²) in [6.45, 7) is 2.00. The molecule has 0 unspecified atom stereocenters. The quantitative estimate of drug-likeness (QED) is 0.849. The van der Waals surface area contributed by atoms with E-state index in [1.54, 1.807) is 0 Å². The van der Waals surface area contributed by atoms with E-state index in [4.69, 9.17) is 14.2 Å². The highest BCUT2D eigenvalue weighted by molar-refractivity contribution is 6.00. The van der Waals surface area contributed by atoms with E-state index in [-0.39, 0.29) is 24.4 Å². The van der Waals surface area contributed by atoms with Gasteiger partial charge in [0.15, 0.2) is 6.10 Å². The lowest BCUT2D eigenvalue weighted by atomic mass is 10.1. The van der Waals surface area contributed by atoms with Crippen LogP contribution in [0, 0.1) is 5.92 Å². The summed E-state index contributed by atoms with van der Waals surface area (Å²) in [5, 5.41) is 8.46. The predicted octanol–water partition coefficient (Wildman–Crippen LogP) is 2.92. The van der Waals surface area contributed by atoms with Gasteiger partial charge in [0.1, 0.15) is 12.2 Å². The van der Waals surface area contributed by atoms with Crippen molar-refractivity contribution in [2.45, 2.75) is 37.2 Å². The lowest BCUT2D eigenvalue weighted by molar-refractivity contribution is 0.00857. The Balaban J connectivity index is 1.20. The predicted molar refractivity (Wildman–Crippen MR) is 102 cm³/mol. The average molecular weight is 368 g/mol. The Morgan fingerprint density at radius 3 is 2.74 bits per heavy atom. The van der Waals surface area contributed by atoms with Crippen molar-refractivity contribution in [3.8, 4) is 0 Å². The van der Waals surface area contributed by atoms with E-state index in [9.17, 15) is 4.79 Å². The maximum atomic E-state index is 12.4. The van der Waals surface area contributed by atoms with Crippen LogP contribution in [0.1, 0.15) is 12.8 Å². The maximum absolute atomic E-state index is 12.4. The van der Waals surface area contributed by atoms with Crippen LogP contribution in [0.4, 0.5) is 10.5 Å². The summed E-state index contributed by atoms with van der Waals surface area (Å²) in [7, 11) is 0. The molecule has 2 heterocycles. The minimum atomic E-state index is -0.474. The standard InChI is InChI=1S/C21H24N2O4/c24-21(23-16-7-3-5-14-4-1-2-6-15(14)16)27-18-12-26-19-17(11-25-20(18)19)22-10-13-8-9-13/h1-7,13,17-20,22H,8-12H2,(H,23,24)/t17-,18-,19-,20+/m0/s1. The van der Waals surface area contributed by atoms with Crippen molar-refractivity contribution >= 4 is 22.6 Å². The third-order valence-corrected chi connectivity index (χ3v) is 5.66. The molecular weight excluding hydrogens is 344 g/mol. The third kappa shape index (κ3) is 3.52. The molecule has 2 aliphatic heterocycles. The van der Waals surface area contributed by atoms with Gasteiger partial charge < -0.3 is 19.5 Å². The van der Waals surface area contributed by atoms with Crippen LogP contribution >= 0.6 is 0 Å². The van der Waals surface area contributed by atoms with Gasteiger partial charge in [-0.05, 0) is 36.8 Å². The Labute approximate surface area is 158 Å². The van der Waals surface area contributed by atoms with E-state index in [1.165, 1.54) is 12.8 Å². The highest BCUT2D eigenvalue weighted by Gasteiger charge is 2.49. The van der Waals surface area contributed by atoms with Gasteiger partial charge in [0, 0.05) is 5.39 Å². The lowest BCUT2D eigenvalue weighted by Gasteiger charge is -2.18. The molecule has 5 rings (SSSR count). The second-order valence-corrected chi connectivity index (χ2v) is 7.65. The summed E-state index contributed by atoms with van der Waals surface area (Å²) < 4.78 is 17.4. The van der Waals surface area contributed by atoms with Gasteiger partial charge in [0.2, 0.25) is 0 Å². The van der Waals surface area contributed by atoms with Crippen LogP contribution < -0.4 is 10.6 Å². The van der Waals surface area contributed by atoms with Crippen molar-refractivity contribution in [2.24, 2.45) is 5.92 Å². The SMILES string of the molecule is O=C(Nc1cccc2ccccc12)O[C@H]1CO[C@@H]2[C@@H]1OC[C@@H]2NCC1CC1. The number of fused-ring (bicyclic) bond motifs is 2. The highest BCUT2D eigenvalue weighted by Crippen LogP contribution is 2.32. The first kappa shape index (κ1) is 17.0. The molecule has 1 aliphatic carbocycles. The maximum Gasteiger partial charge on any atom is 0.412 e. The summed E-state index contributed by atoms with van der Waals surface area (Å²) >= 11 is 0. The Hall–Kier alpha value is -2.15. The summed E-state index contributed by atoms with van der Waals surface area (Å²) in [6.07, 6.45) is 1.54. The lowest BCUT2D eigenvalue weighted by Crippen LogP contribution is -2.42. The van der Waals surface area contributed by atoms with Gasteiger partial charge in [-0.1, -0.05) is 36.4 Å². The molecule has 2 aromatic carbocycles. The third-order valence-electron chi connectivity index (χ3n) is 5.66. The molecule has 2 aromatic rings. The van der Waals surface area contributed by atoms with Gasteiger partial charge in [-0.15, -0.1) is 0 Å². The Morgan fingerprint density at radius 2 is 1.85 bits per heavy atom. The van der Waals surface area contributed by atoms with E-state index in [0.29, 0.717) is 13.2 Å². The Morgan fingerprint density at radius 1 is 1.04 bits per heavy atom. The fraction of sp³-hybridized carbons (Fsp3) is 0.476. The molecule has 27 heavy (non-hydrogen) atoms. The molecule has 0 aromatic heterocycles. The first-order valence-corrected chi connectivity index (χ1v) is 9.70. The molecule has 6 heteroatoms. The van der Waals surface area contributed by atoms with Crippen molar-refractivity contribution in [3.05, 3.63) is 42.5 Å². The zero-order valence-corrected chi connectivity index (χ0v) is 15.1. The topological polar surface area (TPSA) is 68.8 Å². The molecule has 1 amide bonds. The molecule has 0 bridgehead atoms. The molecule has 2 saturated heterocycles. The van der Waals surface area contributed by atoms with Gasteiger partial charge >= 0.3 is 6.09 Å². The first-order chi connectivity index (χ1) is 13.3. The van der Waals surface area contributed by atoms with Gasteiger partial charge in [-0.25, -0.2) is 4.79 Å². The number of hydrogen-bond acceptors (Lipinski definition) is 5. The molecule has 142 valence electrons. The second-order valence-electron chi connectivity index (χ2n) is 7.65. The van der Waals surface area contributed by atoms with Crippen LogP contribution in [-0.2, 0) is 14.2 Å². The Bertz CT molecular complexity index is 833. The number of amides is 1. The zero-order chi connectivity index (χ0) is 18.2. The number of carbonyl (C=O) groups excluding carboxylic acids is 1. The monoisotopic (exact) mass is 368 g/mol. The summed E-state index contributed by atoms with van der Waals surface area (Å²) in [4.78, 5) is 12.4. The second kappa shape index (κ2) is 7.11. The average Bonchev–Trinajstić information content (AvgIpc) is 3.30. The minimum Gasteiger partial charge on any atom is -0.441 e. The number of rotatable bonds is 5. The minimum absolute atomic E-state index is 0.0425. The molecule has 3 aliphatic rings. The van der Waals surface area contributed by atoms with E-state index in [1.807, 2.05) is 42.5 Å². The molecule has 6 nitrogen and oxygen atoms in total. The van der Waals surface area contributed by atoms with Crippen LogP contribution in [0.5, 0.6) is 0 Å². The van der Waals surface area contributed by atoms with E-state index in [0.717, 1.165) is 28.9 Å². The number of nitrogens with one attached hydrogen (secondary N) is 2. The summed E-state index contributed by atoms with van der Waals surface area (Å²) in [6, 6.07) is 13.9. The number of anilines is 1. The fourth-order valence-corrected chi connectivity index (χ4v) is 3.99. The van der Waals surface area contributed by atoms with Crippen LogP contribution in [0.2, 0.25) is 0 Å². The Kier molecular flexibility index (Phi) is 4.47. The molecule has 2 N–H and O–H groups in total. The van der Waals surface area contributed by atoms with E-state index < -0.39 is 6.09 Å². The largest absolute Gasteiger partial charge is 0.441 e. The number of hydrogen-bond donors (Lipinski definition) is 2. The molecule has 0 spiro atoms. The number of ether oxygens (including phenoxy) is 3. The smallest absolute Gasteiger partial charge is 0.412 e. The number of carbonyl (C=O) groups is 1. The van der Waals surface area contributed by atoms with Crippen molar-refractivity contribution in [2.75, 3.05) is 25.1 Å². The summed E-state index contributed by atoms with van der Waals surface area (Å²) in [5.74, 6) is 0.809.